The maximum Gasteiger partial charge on any atom is 0.326 e. The first kappa shape index (κ1) is 13.6. The normalized spacial score (nSPS) is 13.8. The summed E-state index contributed by atoms with van der Waals surface area (Å²) < 4.78 is 4.72. The van der Waals surface area contributed by atoms with Crippen molar-refractivity contribution in [3.05, 3.63) is 29.5 Å². The SMILES string of the molecule is Cl.O=c1[nH]c2c(Br)c(Br)c(Br)c3c2n1CCC3. The molecule has 7 heteroatoms. The molecule has 3 rings (SSSR count). The standard InChI is InChI=1S/C10H7Br3N2O.ClH/c11-5-4-2-1-3-15-9(4)8(14-10(15)16)7(13)6(5)12;/h1-3H2,(H,14,16);1H. The average Bonchev–Trinajstić information content (AvgIpc) is 2.63. The summed E-state index contributed by atoms with van der Waals surface area (Å²) in [7, 11) is 0. The van der Waals surface area contributed by atoms with Crippen molar-refractivity contribution in [2.45, 2.75) is 19.4 Å². The topological polar surface area (TPSA) is 37.8 Å². The molecule has 1 aromatic carbocycles. The van der Waals surface area contributed by atoms with Crippen LogP contribution in [0.2, 0.25) is 0 Å². The molecular formula is C10H8Br3ClN2O. The number of halogens is 4. The third kappa shape index (κ3) is 1.84. The number of aryl methyl sites for hydroxylation is 2. The molecule has 3 nitrogen and oxygen atoms in total. The van der Waals surface area contributed by atoms with E-state index >= 15 is 0 Å². The van der Waals surface area contributed by atoms with Gasteiger partial charge in [0.05, 0.1) is 15.5 Å². The molecule has 0 spiro atoms. The van der Waals surface area contributed by atoms with Crippen LogP contribution in [0.5, 0.6) is 0 Å². The zero-order valence-electron chi connectivity index (χ0n) is 8.52. The van der Waals surface area contributed by atoms with E-state index in [0.717, 1.165) is 43.8 Å². The molecule has 0 fully saturated rings. The van der Waals surface area contributed by atoms with Gasteiger partial charge in [-0.15, -0.1) is 12.4 Å². The predicted molar refractivity (Wildman–Crippen MR) is 81.2 cm³/mol. The molecule has 0 saturated heterocycles. The van der Waals surface area contributed by atoms with E-state index in [-0.39, 0.29) is 18.1 Å². The van der Waals surface area contributed by atoms with Crippen molar-refractivity contribution < 1.29 is 0 Å². The van der Waals surface area contributed by atoms with Gasteiger partial charge in [0, 0.05) is 15.5 Å². The summed E-state index contributed by atoms with van der Waals surface area (Å²) in [5.41, 5.74) is 3.09. The number of nitrogens with one attached hydrogen (secondary N) is 1. The van der Waals surface area contributed by atoms with E-state index < -0.39 is 0 Å². The number of nitrogens with zero attached hydrogens (tertiary/aromatic N) is 1. The van der Waals surface area contributed by atoms with E-state index in [0.29, 0.717) is 0 Å². The van der Waals surface area contributed by atoms with Crippen LogP contribution in [0.4, 0.5) is 0 Å². The fourth-order valence-corrected chi connectivity index (χ4v) is 4.01. The van der Waals surface area contributed by atoms with E-state index in [2.05, 4.69) is 52.8 Å². The fraction of sp³-hybridized carbons (Fsp3) is 0.300. The van der Waals surface area contributed by atoms with E-state index in [1.165, 1.54) is 5.56 Å². The number of imidazole rings is 1. The van der Waals surface area contributed by atoms with Crippen molar-refractivity contribution in [3.63, 3.8) is 0 Å². The number of aromatic nitrogens is 2. The minimum absolute atomic E-state index is 0. The molecule has 0 unspecified atom stereocenters. The predicted octanol–water partition coefficient (Wildman–Crippen LogP) is 3.99. The number of H-pyrrole nitrogens is 1. The second-order valence-electron chi connectivity index (χ2n) is 3.83. The Balaban J connectivity index is 0.00000108. The summed E-state index contributed by atoms with van der Waals surface area (Å²) in [5, 5.41) is 0. The summed E-state index contributed by atoms with van der Waals surface area (Å²) in [4.78, 5) is 14.7. The van der Waals surface area contributed by atoms with Gasteiger partial charge < -0.3 is 4.98 Å². The molecular weight excluding hydrogens is 439 g/mol. The van der Waals surface area contributed by atoms with E-state index in [1.807, 2.05) is 4.57 Å². The lowest BCUT2D eigenvalue weighted by Gasteiger charge is -2.17. The van der Waals surface area contributed by atoms with Gasteiger partial charge in [0.15, 0.2) is 0 Å². The van der Waals surface area contributed by atoms with Gasteiger partial charge in [-0.1, -0.05) is 0 Å². The molecule has 2 aromatic rings. The molecule has 1 N–H and O–H groups in total. The van der Waals surface area contributed by atoms with Crippen LogP contribution in [0, 0.1) is 0 Å². The van der Waals surface area contributed by atoms with Crippen LogP contribution in [0.25, 0.3) is 11.0 Å². The van der Waals surface area contributed by atoms with Crippen LogP contribution in [0.1, 0.15) is 12.0 Å². The van der Waals surface area contributed by atoms with E-state index in [1.54, 1.807) is 0 Å². The van der Waals surface area contributed by atoms with Gasteiger partial charge >= 0.3 is 5.69 Å². The Labute approximate surface area is 129 Å². The van der Waals surface area contributed by atoms with Crippen LogP contribution in [0.3, 0.4) is 0 Å². The average molecular weight is 447 g/mol. The summed E-state index contributed by atoms with van der Waals surface area (Å²) in [6.45, 7) is 0.798. The maximum atomic E-state index is 11.8. The molecule has 1 aromatic heterocycles. The zero-order chi connectivity index (χ0) is 11.4. The minimum Gasteiger partial charge on any atom is -0.304 e. The number of rotatable bonds is 0. The molecule has 0 saturated carbocycles. The van der Waals surface area contributed by atoms with Gasteiger partial charge in [0.25, 0.3) is 0 Å². The smallest absolute Gasteiger partial charge is 0.304 e. The van der Waals surface area contributed by atoms with Crippen molar-refractivity contribution in [3.8, 4) is 0 Å². The molecule has 0 aliphatic carbocycles. The van der Waals surface area contributed by atoms with Crippen LogP contribution < -0.4 is 5.69 Å². The Morgan fingerprint density at radius 2 is 1.82 bits per heavy atom. The quantitative estimate of drug-likeness (QED) is 0.610. The number of aromatic amines is 1. The molecule has 1 aliphatic rings. The van der Waals surface area contributed by atoms with E-state index in [9.17, 15) is 4.79 Å². The summed E-state index contributed by atoms with van der Waals surface area (Å²) in [6.07, 6.45) is 2.01. The molecule has 1 aliphatic heterocycles. The fourth-order valence-electron chi connectivity index (χ4n) is 2.24. The van der Waals surface area contributed by atoms with Crippen molar-refractivity contribution in [1.29, 1.82) is 0 Å². The van der Waals surface area contributed by atoms with E-state index in [4.69, 9.17) is 0 Å². The maximum absolute atomic E-state index is 11.8. The molecule has 92 valence electrons. The molecule has 17 heavy (non-hydrogen) atoms. The highest BCUT2D eigenvalue weighted by atomic mass is 79.9. The van der Waals surface area contributed by atoms with Gasteiger partial charge in [-0.2, -0.15) is 0 Å². The first-order valence-corrected chi connectivity index (χ1v) is 7.27. The lowest BCUT2D eigenvalue weighted by molar-refractivity contribution is 0.614. The molecule has 2 heterocycles. The summed E-state index contributed by atoms with van der Waals surface area (Å²) in [5.74, 6) is 0. The zero-order valence-corrected chi connectivity index (χ0v) is 14.1. The van der Waals surface area contributed by atoms with Gasteiger partial charge in [0.2, 0.25) is 0 Å². The number of hydrogen-bond acceptors (Lipinski definition) is 1. The largest absolute Gasteiger partial charge is 0.326 e. The molecule has 0 atom stereocenters. The highest BCUT2D eigenvalue weighted by molar-refractivity contribution is 9.14. The van der Waals surface area contributed by atoms with Crippen LogP contribution >= 0.6 is 60.2 Å². The molecule has 0 amide bonds. The van der Waals surface area contributed by atoms with Crippen molar-refractivity contribution >= 4 is 71.2 Å². The van der Waals surface area contributed by atoms with Crippen LogP contribution in [0.15, 0.2) is 18.2 Å². The highest BCUT2D eigenvalue weighted by Gasteiger charge is 2.22. The highest BCUT2D eigenvalue weighted by Crippen LogP contribution is 2.41. The Morgan fingerprint density at radius 1 is 1.12 bits per heavy atom. The van der Waals surface area contributed by atoms with Gasteiger partial charge in [0.1, 0.15) is 0 Å². The first-order valence-electron chi connectivity index (χ1n) is 4.89. The lowest BCUT2D eigenvalue weighted by atomic mass is 10.0. The van der Waals surface area contributed by atoms with Crippen LogP contribution in [-0.4, -0.2) is 9.55 Å². The first-order chi connectivity index (χ1) is 7.61. The Bertz CT molecular complexity index is 662. The Kier molecular flexibility index (Phi) is 3.79. The Morgan fingerprint density at radius 3 is 2.53 bits per heavy atom. The third-order valence-electron chi connectivity index (χ3n) is 2.95. The Hall–Kier alpha value is 0.220. The lowest BCUT2D eigenvalue weighted by Crippen LogP contribution is -2.20. The second-order valence-corrected chi connectivity index (χ2v) is 6.21. The molecule has 0 radical (unpaired) electrons. The van der Waals surface area contributed by atoms with Crippen molar-refractivity contribution in [1.82, 2.24) is 9.55 Å². The van der Waals surface area contributed by atoms with Gasteiger partial charge in [-0.3, -0.25) is 4.57 Å². The summed E-state index contributed by atoms with van der Waals surface area (Å²) >= 11 is 10.6. The minimum atomic E-state index is -0.0262. The number of benzene rings is 1. The third-order valence-corrected chi connectivity index (χ3v) is 6.47. The van der Waals surface area contributed by atoms with Gasteiger partial charge in [-0.05, 0) is 66.2 Å². The van der Waals surface area contributed by atoms with Crippen LogP contribution in [-0.2, 0) is 13.0 Å². The van der Waals surface area contributed by atoms with Crippen molar-refractivity contribution in [2.75, 3.05) is 0 Å². The summed E-state index contributed by atoms with van der Waals surface area (Å²) in [6, 6.07) is 0. The number of hydrogen-bond donors (Lipinski definition) is 1. The molecule has 0 bridgehead atoms. The van der Waals surface area contributed by atoms with Gasteiger partial charge in [-0.25, -0.2) is 4.79 Å². The second kappa shape index (κ2) is 4.72. The van der Waals surface area contributed by atoms with Crippen molar-refractivity contribution in [2.24, 2.45) is 0 Å². The monoisotopic (exact) mass is 444 g/mol.